The summed E-state index contributed by atoms with van der Waals surface area (Å²) in [6.45, 7) is 3.80. The van der Waals surface area contributed by atoms with Crippen LogP contribution in [0.5, 0.6) is 0 Å². The molecule has 0 saturated heterocycles. The van der Waals surface area contributed by atoms with Gasteiger partial charge in [0, 0.05) is 12.6 Å². The minimum absolute atomic E-state index is 0.196. The van der Waals surface area contributed by atoms with E-state index in [2.05, 4.69) is 17.6 Å². The Morgan fingerprint density at radius 1 is 1.05 bits per heavy atom. The molecular weight excluding hydrogens is 248 g/mol. The first-order valence-corrected chi connectivity index (χ1v) is 8.74. The molecule has 3 heteroatoms. The summed E-state index contributed by atoms with van der Waals surface area (Å²) < 4.78 is 0. The van der Waals surface area contributed by atoms with Gasteiger partial charge in [-0.25, -0.2) is 0 Å². The molecule has 2 N–H and O–H groups in total. The Morgan fingerprint density at radius 3 is 2.30 bits per heavy atom. The van der Waals surface area contributed by atoms with E-state index in [1.165, 1.54) is 70.6 Å². The Morgan fingerprint density at radius 2 is 1.70 bits per heavy atom. The lowest BCUT2D eigenvalue weighted by Gasteiger charge is -2.27. The summed E-state index contributed by atoms with van der Waals surface area (Å²) in [7, 11) is 0. The molecule has 116 valence electrons. The Balaban J connectivity index is 1.64. The average molecular weight is 280 g/mol. The van der Waals surface area contributed by atoms with Crippen LogP contribution in [-0.2, 0) is 4.79 Å². The average Bonchev–Trinajstić information content (AvgIpc) is 2.77. The number of hydrogen-bond donors (Lipinski definition) is 2. The van der Waals surface area contributed by atoms with E-state index in [-0.39, 0.29) is 5.91 Å². The molecule has 3 nitrogen and oxygen atoms in total. The van der Waals surface area contributed by atoms with Gasteiger partial charge in [0.15, 0.2) is 0 Å². The maximum Gasteiger partial charge on any atom is 0.234 e. The number of amides is 1. The fourth-order valence-corrected chi connectivity index (χ4v) is 3.92. The maximum atomic E-state index is 12.0. The molecule has 0 aromatic carbocycles. The molecule has 0 radical (unpaired) electrons. The second-order valence-electron chi connectivity index (χ2n) is 6.92. The molecule has 2 aliphatic rings. The lowest BCUT2D eigenvalue weighted by molar-refractivity contribution is -0.121. The van der Waals surface area contributed by atoms with Crippen LogP contribution in [0.2, 0.25) is 0 Å². The van der Waals surface area contributed by atoms with E-state index in [0.29, 0.717) is 18.0 Å². The summed E-state index contributed by atoms with van der Waals surface area (Å²) in [6, 6.07) is 0.429. The molecule has 2 fully saturated rings. The smallest absolute Gasteiger partial charge is 0.234 e. The van der Waals surface area contributed by atoms with Crippen molar-refractivity contribution in [3.8, 4) is 0 Å². The highest BCUT2D eigenvalue weighted by Crippen LogP contribution is 2.40. The van der Waals surface area contributed by atoms with Crippen molar-refractivity contribution in [3.05, 3.63) is 0 Å². The predicted molar refractivity (Wildman–Crippen MR) is 83.7 cm³/mol. The largest absolute Gasteiger partial charge is 0.352 e. The van der Waals surface area contributed by atoms with Gasteiger partial charge in [-0.3, -0.25) is 4.79 Å². The van der Waals surface area contributed by atoms with Crippen molar-refractivity contribution < 1.29 is 4.79 Å². The van der Waals surface area contributed by atoms with Crippen LogP contribution in [0.4, 0.5) is 0 Å². The summed E-state index contributed by atoms with van der Waals surface area (Å²) in [5, 5.41) is 6.63. The van der Waals surface area contributed by atoms with Crippen LogP contribution in [0.15, 0.2) is 0 Å². The molecule has 0 atom stereocenters. The summed E-state index contributed by atoms with van der Waals surface area (Å²) in [5.74, 6) is 0.196. The minimum Gasteiger partial charge on any atom is -0.352 e. The van der Waals surface area contributed by atoms with E-state index in [4.69, 9.17) is 0 Å². The van der Waals surface area contributed by atoms with Gasteiger partial charge in [-0.1, -0.05) is 45.4 Å². The molecule has 2 saturated carbocycles. The van der Waals surface area contributed by atoms with Crippen molar-refractivity contribution in [1.29, 1.82) is 0 Å². The highest BCUT2D eigenvalue weighted by atomic mass is 16.1. The van der Waals surface area contributed by atoms with Crippen molar-refractivity contribution in [2.45, 2.75) is 83.6 Å². The molecular formula is C17H32N2O. The van der Waals surface area contributed by atoms with E-state index in [0.717, 1.165) is 6.54 Å². The molecule has 2 rings (SSSR count). The molecule has 0 aromatic heterocycles. The molecule has 0 heterocycles. The van der Waals surface area contributed by atoms with E-state index in [1.54, 1.807) is 0 Å². The Kier molecular flexibility index (Phi) is 6.34. The summed E-state index contributed by atoms with van der Waals surface area (Å²) >= 11 is 0. The minimum atomic E-state index is 0.196. The van der Waals surface area contributed by atoms with Crippen molar-refractivity contribution in [1.82, 2.24) is 10.6 Å². The molecule has 0 bridgehead atoms. The van der Waals surface area contributed by atoms with Gasteiger partial charge in [-0.2, -0.15) is 0 Å². The first kappa shape index (κ1) is 15.8. The number of rotatable bonds is 6. The van der Waals surface area contributed by atoms with Gasteiger partial charge in [0.1, 0.15) is 0 Å². The number of carbonyl (C=O) groups is 1. The zero-order chi connectivity index (χ0) is 14.3. The second kappa shape index (κ2) is 8.02. The van der Waals surface area contributed by atoms with Crippen molar-refractivity contribution in [2.75, 3.05) is 13.1 Å². The lowest BCUT2D eigenvalue weighted by Crippen LogP contribution is -2.42. The van der Waals surface area contributed by atoms with Gasteiger partial charge >= 0.3 is 0 Å². The predicted octanol–water partition coefficient (Wildman–Crippen LogP) is 3.39. The highest BCUT2D eigenvalue weighted by Gasteiger charge is 2.31. The molecule has 0 aliphatic heterocycles. The van der Waals surface area contributed by atoms with Gasteiger partial charge in [-0.05, 0) is 37.5 Å². The first-order valence-electron chi connectivity index (χ1n) is 8.74. The molecule has 20 heavy (non-hydrogen) atoms. The van der Waals surface area contributed by atoms with Gasteiger partial charge < -0.3 is 10.6 Å². The quantitative estimate of drug-likeness (QED) is 0.732. The topological polar surface area (TPSA) is 41.1 Å². The zero-order valence-corrected chi connectivity index (χ0v) is 13.2. The van der Waals surface area contributed by atoms with E-state index < -0.39 is 0 Å². The fourth-order valence-electron chi connectivity index (χ4n) is 3.92. The molecule has 0 spiro atoms. The van der Waals surface area contributed by atoms with Crippen LogP contribution in [0.1, 0.15) is 77.6 Å². The van der Waals surface area contributed by atoms with Gasteiger partial charge in [0.05, 0.1) is 6.54 Å². The van der Waals surface area contributed by atoms with Crippen LogP contribution >= 0.6 is 0 Å². The number of nitrogens with one attached hydrogen (secondary N) is 2. The van der Waals surface area contributed by atoms with Gasteiger partial charge in [0.25, 0.3) is 0 Å². The molecule has 0 unspecified atom stereocenters. The van der Waals surface area contributed by atoms with Crippen molar-refractivity contribution >= 4 is 5.91 Å². The highest BCUT2D eigenvalue weighted by molar-refractivity contribution is 5.78. The van der Waals surface area contributed by atoms with E-state index in [1.807, 2.05) is 0 Å². The standard InChI is InChI=1S/C17H32N2O/c1-2-17(11-7-8-12-17)14-18-13-16(20)19-15-9-5-3-4-6-10-15/h15,18H,2-14H2,1H3,(H,19,20). The lowest BCUT2D eigenvalue weighted by atomic mass is 9.83. The Bertz CT molecular complexity index is 289. The Labute approximate surface area is 124 Å². The van der Waals surface area contributed by atoms with Crippen molar-refractivity contribution in [3.63, 3.8) is 0 Å². The summed E-state index contributed by atoms with van der Waals surface area (Å²) in [6.07, 6.45) is 14.2. The molecule has 0 aromatic rings. The Hall–Kier alpha value is -0.570. The summed E-state index contributed by atoms with van der Waals surface area (Å²) in [4.78, 5) is 12.0. The maximum absolute atomic E-state index is 12.0. The molecule has 2 aliphatic carbocycles. The van der Waals surface area contributed by atoms with Crippen LogP contribution in [-0.4, -0.2) is 25.0 Å². The third-order valence-corrected chi connectivity index (χ3v) is 5.42. The third kappa shape index (κ3) is 4.76. The van der Waals surface area contributed by atoms with Crippen LogP contribution in [0.3, 0.4) is 0 Å². The normalized spacial score (nSPS) is 23.4. The van der Waals surface area contributed by atoms with Crippen LogP contribution < -0.4 is 10.6 Å². The van der Waals surface area contributed by atoms with Gasteiger partial charge in [-0.15, -0.1) is 0 Å². The third-order valence-electron chi connectivity index (χ3n) is 5.42. The molecule has 1 amide bonds. The fraction of sp³-hybridized carbons (Fsp3) is 0.941. The van der Waals surface area contributed by atoms with E-state index >= 15 is 0 Å². The van der Waals surface area contributed by atoms with E-state index in [9.17, 15) is 4.79 Å². The summed E-state index contributed by atoms with van der Waals surface area (Å²) in [5.41, 5.74) is 0.475. The second-order valence-corrected chi connectivity index (χ2v) is 6.92. The van der Waals surface area contributed by atoms with Gasteiger partial charge in [0.2, 0.25) is 5.91 Å². The van der Waals surface area contributed by atoms with Crippen LogP contribution in [0.25, 0.3) is 0 Å². The first-order chi connectivity index (χ1) is 9.74. The monoisotopic (exact) mass is 280 g/mol. The number of hydrogen-bond acceptors (Lipinski definition) is 2. The van der Waals surface area contributed by atoms with Crippen molar-refractivity contribution in [2.24, 2.45) is 5.41 Å². The van der Waals surface area contributed by atoms with Crippen LogP contribution in [0, 0.1) is 5.41 Å². The zero-order valence-electron chi connectivity index (χ0n) is 13.2. The SMILES string of the molecule is CCC1(CNCC(=O)NC2CCCCCC2)CCCC1. The number of carbonyl (C=O) groups excluding carboxylic acids is 1.